The molecule has 3 nitrogen and oxygen atoms in total. The van der Waals surface area contributed by atoms with E-state index in [1.165, 1.54) is 25.7 Å². The first-order valence-electron chi connectivity index (χ1n) is 8.49. The Morgan fingerprint density at radius 2 is 2.05 bits per heavy atom. The zero-order valence-corrected chi connectivity index (χ0v) is 14.8. The van der Waals surface area contributed by atoms with Crippen LogP contribution < -0.4 is 0 Å². The summed E-state index contributed by atoms with van der Waals surface area (Å²) in [4.78, 5) is 11.5. The Bertz CT molecular complexity index is 333. The van der Waals surface area contributed by atoms with Crippen LogP contribution in [0.1, 0.15) is 80.1 Å². The highest BCUT2D eigenvalue weighted by molar-refractivity contribution is 5.69. The highest BCUT2D eigenvalue weighted by atomic mass is 16.6. The number of rotatable bonds is 7. The third-order valence-electron chi connectivity index (χ3n) is 4.45. The maximum Gasteiger partial charge on any atom is 0.305 e. The Morgan fingerprint density at radius 1 is 1.38 bits per heavy atom. The lowest BCUT2D eigenvalue weighted by Crippen LogP contribution is -2.40. The number of hydrogen-bond acceptors (Lipinski definition) is 3. The van der Waals surface area contributed by atoms with Gasteiger partial charge in [0.05, 0.1) is 11.7 Å². The van der Waals surface area contributed by atoms with Crippen LogP contribution in [0.15, 0.2) is 0 Å². The van der Waals surface area contributed by atoms with Crippen LogP contribution in [0.2, 0.25) is 0 Å². The predicted molar refractivity (Wildman–Crippen MR) is 86.2 cm³/mol. The third-order valence-corrected chi connectivity index (χ3v) is 4.45. The monoisotopic (exact) mass is 298 g/mol. The lowest BCUT2D eigenvalue weighted by molar-refractivity contribution is -0.162. The number of ether oxygens (including phenoxy) is 2. The maximum atomic E-state index is 11.5. The summed E-state index contributed by atoms with van der Waals surface area (Å²) in [5.74, 6) is 0.486. The summed E-state index contributed by atoms with van der Waals surface area (Å²) in [5, 5.41) is 0. The van der Waals surface area contributed by atoms with Gasteiger partial charge in [0.1, 0.15) is 6.61 Å². The molecule has 0 aromatic rings. The number of carbonyl (C=O) groups excluding carboxylic acids is 1. The SMILES string of the molecule is CCCC(=O)OCC(C)(C)OC(C)C1CCCC(C)(C)C1. The van der Waals surface area contributed by atoms with Crippen LogP contribution in [-0.4, -0.2) is 24.3 Å². The average molecular weight is 298 g/mol. The van der Waals surface area contributed by atoms with Gasteiger partial charge >= 0.3 is 5.97 Å². The Kier molecular flexibility index (Phi) is 6.71. The molecule has 1 fully saturated rings. The lowest BCUT2D eigenvalue weighted by atomic mass is 9.71. The minimum Gasteiger partial charge on any atom is -0.463 e. The molecule has 1 aliphatic rings. The second kappa shape index (κ2) is 7.62. The van der Waals surface area contributed by atoms with E-state index in [2.05, 4.69) is 20.8 Å². The standard InChI is InChI=1S/C18H34O3/c1-7-9-16(19)20-13-18(5,6)21-14(2)15-10-8-11-17(3,4)12-15/h14-15H,7-13H2,1-6H3. The van der Waals surface area contributed by atoms with Crippen molar-refractivity contribution in [2.45, 2.75) is 91.8 Å². The highest BCUT2D eigenvalue weighted by Crippen LogP contribution is 2.41. The van der Waals surface area contributed by atoms with E-state index >= 15 is 0 Å². The van der Waals surface area contributed by atoms with Crippen molar-refractivity contribution in [2.75, 3.05) is 6.61 Å². The molecule has 1 aliphatic carbocycles. The molecule has 0 heterocycles. The van der Waals surface area contributed by atoms with Crippen LogP contribution in [0, 0.1) is 11.3 Å². The van der Waals surface area contributed by atoms with Crippen molar-refractivity contribution in [1.29, 1.82) is 0 Å². The Morgan fingerprint density at radius 3 is 2.62 bits per heavy atom. The Hall–Kier alpha value is -0.570. The normalized spacial score (nSPS) is 23.6. The largest absolute Gasteiger partial charge is 0.463 e. The molecule has 0 saturated heterocycles. The third kappa shape index (κ3) is 6.82. The van der Waals surface area contributed by atoms with Crippen molar-refractivity contribution in [3.8, 4) is 0 Å². The molecule has 0 bridgehead atoms. The van der Waals surface area contributed by atoms with Gasteiger partial charge in [-0.25, -0.2) is 0 Å². The van der Waals surface area contributed by atoms with E-state index in [0.717, 1.165) is 6.42 Å². The molecule has 2 atom stereocenters. The summed E-state index contributed by atoms with van der Waals surface area (Å²) in [6.45, 7) is 13.2. The van der Waals surface area contributed by atoms with Gasteiger partial charge in [-0.3, -0.25) is 4.79 Å². The van der Waals surface area contributed by atoms with E-state index in [1.54, 1.807) is 0 Å². The molecule has 2 unspecified atom stereocenters. The van der Waals surface area contributed by atoms with Gasteiger partial charge in [0.2, 0.25) is 0 Å². The van der Waals surface area contributed by atoms with Crippen LogP contribution in [0.3, 0.4) is 0 Å². The summed E-state index contributed by atoms with van der Waals surface area (Å²) >= 11 is 0. The predicted octanol–water partition coefficient (Wildman–Crippen LogP) is 4.73. The van der Waals surface area contributed by atoms with E-state index in [4.69, 9.17) is 9.47 Å². The molecule has 0 aromatic heterocycles. The maximum absolute atomic E-state index is 11.5. The van der Waals surface area contributed by atoms with E-state index in [0.29, 0.717) is 24.4 Å². The van der Waals surface area contributed by atoms with Gasteiger partial charge in [-0.15, -0.1) is 0 Å². The molecular formula is C18H34O3. The fraction of sp³-hybridized carbons (Fsp3) is 0.944. The molecular weight excluding hydrogens is 264 g/mol. The van der Waals surface area contributed by atoms with E-state index in [1.807, 2.05) is 20.8 Å². The number of carbonyl (C=O) groups is 1. The summed E-state index contributed by atoms with van der Waals surface area (Å²) in [6.07, 6.45) is 6.60. The van der Waals surface area contributed by atoms with Crippen LogP contribution in [0.25, 0.3) is 0 Å². The molecule has 0 N–H and O–H groups in total. The fourth-order valence-corrected chi connectivity index (χ4v) is 3.32. The van der Waals surface area contributed by atoms with Gasteiger partial charge in [0.25, 0.3) is 0 Å². The Balaban J connectivity index is 2.44. The van der Waals surface area contributed by atoms with Crippen LogP contribution in [-0.2, 0) is 14.3 Å². The summed E-state index contributed by atoms with van der Waals surface area (Å²) in [5.41, 5.74) is 0.0165. The van der Waals surface area contributed by atoms with Gasteiger partial charge < -0.3 is 9.47 Å². The topological polar surface area (TPSA) is 35.5 Å². The molecule has 1 saturated carbocycles. The van der Waals surface area contributed by atoms with Crippen LogP contribution in [0.4, 0.5) is 0 Å². The quantitative estimate of drug-likeness (QED) is 0.637. The van der Waals surface area contributed by atoms with Gasteiger partial charge in [0.15, 0.2) is 0 Å². The first kappa shape index (κ1) is 18.5. The van der Waals surface area contributed by atoms with E-state index in [-0.39, 0.29) is 12.1 Å². The lowest BCUT2D eigenvalue weighted by Gasteiger charge is -2.40. The molecule has 0 aromatic carbocycles. The molecule has 0 spiro atoms. The molecule has 21 heavy (non-hydrogen) atoms. The molecule has 0 aliphatic heterocycles. The van der Waals surface area contributed by atoms with Crippen molar-refractivity contribution in [2.24, 2.45) is 11.3 Å². The summed E-state index contributed by atoms with van der Waals surface area (Å²) < 4.78 is 11.5. The zero-order chi connectivity index (χ0) is 16.1. The highest BCUT2D eigenvalue weighted by Gasteiger charge is 2.34. The molecule has 1 rings (SSSR count). The minimum atomic E-state index is -0.412. The second-order valence-corrected chi connectivity index (χ2v) is 8.01. The van der Waals surface area contributed by atoms with Gasteiger partial charge in [-0.2, -0.15) is 0 Å². The summed E-state index contributed by atoms with van der Waals surface area (Å²) in [6, 6.07) is 0. The zero-order valence-electron chi connectivity index (χ0n) is 14.8. The summed E-state index contributed by atoms with van der Waals surface area (Å²) in [7, 11) is 0. The molecule has 0 amide bonds. The Labute approximate surface area is 130 Å². The van der Waals surface area contributed by atoms with Gasteiger partial charge in [-0.05, 0) is 57.8 Å². The number of esters is 1. The second-order valence-electron chi connectivity index (χ2n) is 8.01. The van der Waals surface area contributed by atoms with E-state index in [9.17, 15) is 4.79 Å². The van der Waals surface area contributed by atoms with Crippen molar-refractivity contribution in [3.05, 3.63) is 0 Å². The number of hydrogen-bond donors (Lipinski definition) is 0. The van der Waals surface area contributed by atoms with Gasteiger partial charge in [-0.1, -0.05) is 27.2 Å². The minimum absolute atomic E-state index is 0.124. The van der Waals surface area contributed by atoms with Crippen molar-refractivity contribution in [1.82, 2.24) is 0 Å². The van der Waals surface area contributed by atoms with Gasteiger partial charge in [0, 0.05) is 6.42 Å². The van der Waals surface area contributed by atoms with Crippen molar-refractivity contribution in [3.63, 3.8) is 0 Å². The molecule has 124 valence electrons. The van der Waals surface area contributed by atoms with Crippen molar-refractivity contribution < 1.29 is 14.3 Å². The first-order valence-corrected chi connectivity index (χ1v) is 8.49. The fourth-order valence-electron chi connectivity index (χ4n) is 3.32. The van der Waals surface area contributed by atoms with E-state index < -0.39 is 5.60 Å². The van der Waals surface area contributed by atoms with Crippen LogP contribution in [0.5, 0.6) is 0 Å². The first-order chi connectivity index (χ1) is 9.65. The smallest absolute Gasteiger partial charge is 0.305 e. The molecule has 3 heteroatoms. The molecule has 0 radical (unpaired) electrons. The average Bonchev–Trinajstić information content (AvgIpc) is 2.35. The van der Waals surface area contributed by atoms with Crippen LogP contribution >= 0.6 is 0 Å². The van der Waals surface area contributed by atoms with Crippen molar-refractivity contribution >= 4 is 5.97 Å².